The van der Waals surface area contributed by atoms with Crippen molar-refractivity contribution in [3.05, 3.63) is 24.3 Å². The number of phosphoric acid groups is 1. The summed E-state index contributed by atoms with van der Waals surface area (Å²) in [5, 5.41) is 23.7. The molecule has 0 aromatic rings. The summed E-state index contributed by atoms with van der Waals surface area (Å²) in [5.41, 5.74) is 5.32. The van der Waals surface area contributed by atoms with E-state index in [0.717, 1.165) is 51.4 Å². The molecular weight excluding hydrogens is 567 g/mol. The number of hydrogen-bond acceptors (Lipinski definition) is 7. The Bertz CT molecular complexity index is 751. The largest absolute Gasteiger partial charge is 0.472 e. The van der Waals surface area contributed by atoms with Crippen molar-refractivity contribution in [1.29, 1.82) is 0 Å². The molecule has 4 atom stereocenters. The van der Waals surface area contributed by atoms with Crippen molar-refractivity contribution in [2.75, 3.05) is 19.8 Å². The summed E-state index contributed by atoms with van der Waals surface area (Å²) in [7, 11) is -4.39. The third-order valence-corrected chi connectivity index (χ3v) is 8.31. The highest BCUT2D eigenvalue weighted by atomic mass is 31.2. The van der Waals surface area contributed by atoms with Crippen LogP contribution in [0.4, 0.5) is 0 Å². The number of hydrogen-bond donors (Lipinski definition) is 5. The highest BCUT2D eigenvalue weighted by Crippen LogP contribution is 2.43. The van der Waals surface area contributed by atoms with Crippen LogP contribution >= 0.6 is 7.82 Å². The van der Waals surface area contributed by atoms with Gasteiger partial charge in [0.05, 0.1) is 37.9 Å². The zero-order chi connectivity index (χ0) is 32.0. The molecule has 0 saturated carbocycles. The number of aliphatic hydroxyl groups is 2. The van der Waals surface area contributed by atoms with Crippen LogP contribution < -0.4 is 11.1 Å². The standard InChI is InChI=1S/C33H65N2O7P/c1-3-5-7-9-11-13-14-15-17-19-21-23-25-32(37)31(29-42-43(39,40)41-27-26-34)35-33(38)28-30(36)24-22-20-18-16-12-10-8-6-4-2/h10,12,23,25,30-32,36-37H,3-9,11,13-22,24,26-29,34H2,1-2H3,(H,35,38)(H,39,40)/b12-10-,25-23+. The first-order valence-electron chi connectivity index (χ1n) is 17.0. The number of phosphoric ester groups is 1. The molecule has 0 radical (unpaired) electrons. The predicted molar refractivity (Wildman–Crippen MR) is 177 cm³/mol. The smallest absolute Gasteiger partial charge is 0.393 e. The molecule has 9 nitrogen and oxygen atoms in total. The van der Waals surface area contributed by atoms with Gasteiger partial charge in [-0.05, 0) is 38.5 Å². The average Bonchev–Trinajstić information content (AvgIpc) is 2.97. The minimum absolute atomic E-state index is 0.0476. The van der Waals surface area contributed by atoms with E-state index in [0.29, 0.717) is 6.42 Å². The van der Waals surface area contributed by atoms with E-state index in [1.807, 2.05) is 6.08 Å². The van der Waals surface area contributed by atoms with Crippen molar-refractivity contribution in [2.24, 2.45) is 5.73 Å². The fourth-order valence-electron chi connectivity index (χ4n) is 4.68. The number of amides is 1. The van der Waals surface area contributed by atoms with Crippen LogP contribution in [0.1, 0.15) is 142 Å². The molecular formula is C33H65N2O7P. The topological polar surface area (TPSA) is 151 Å². The summed E-state index contributed by atoms with van der Waals surface area (Å²) in [4.78, 5) is 22.5. The zero-order valence-electron chi connectivity index (χ0n) is 27.3. The van der Waals surface area contributed by atoms with Crippen molar-refractivity contribution in [1.82, 2.24) is 5.32 Å². The predicted octanol–water partition coefficient (Wildman–Crippen LogP) is 7.24. The Morgan fingerprint density at radius 1 is 0.791 bits per heavy atom. The van der Waals surface area contributed by atoms with Crippen LogP contribution in [-0.4, -0.2) is 59.0 Å². The molecule has 0 aromatic carbocycles. The van der Waals surface area contributed by atoms with E-state index in [9.17, 15) is 24.5 Å². The first kappa shape index (κ1) is 41.9. The van der Waals surface area contributed by atoms with Gasteiger partial charge in [0.2, 0.25) is 5.91 Å². The van der Waals surface area contributed by atoms with E-state index in [1.165, 1.54) is 64.2 Å². The molecule has 6 N–H and O–H groups in total. The maximum Gasteiger partial charge on any atom is 0.472 e. The fraction of sp³-hybridized carbons (Fsp3) is 0.848. The number of aliphatic hydroxyl groups excluding tert-OH is 2. The molecule has 1 amide bonds. The molecule has 0 heterocycles. The number of allylic oxidation sites excluding steroid dienone is 3. The lowest BCUT2D eigenvalue weighted by Crippen LogP contribution is -2.46. The molecule has 0 aliphatic carbocycles. The van der Waals surface area contributed by atoms with Gasteiger partial charge in [-0.2, -0.15) is 0 Å². The van der Waals surface area contributed by atoms with E-state index >= 15 is 0 Å². The van der Waals surface area contributed by atoms with Crippen LogP contribution in [0, 0.1) is 0 Å². The van der Waals surface area contributed by atoms with Crippen LogP contribution in [0.15, 0.2) is 24.3 Å². The monoisotopic (exact) mass is 632 g/mol. The number of carbonyl (C=O) groups excluding carboxylic acids is 1. The third-order valence-electron chi connectivity index (χ3n) is 7.33. The van der Waals surface area contributed by atoms with Crippen LogP contribution in [0.5, 0.6) is 0 Å². The van der Waals surface area contributed by atoms with Gasteiger partial charge in [-0.25, -0.2) is 4.57 Å². The van der Waals surface area contributed by atoms with Gasteiger partial charge in [0, 0.05) is 6.54 Å². The van der Waals surface area contributed by atoms with Crippen molar-refractivity contribution in [2.45, 2.75) is 161 Å². The Hall–Kier alpha value is -1.06. The molecule has 0 aromatic heterocycles. The molecule has 0 aliphatic heterocycles. The molecule has 0 bridgehead atoms. The second-order valence-corrected chi connectivity index (χ2v) is 13.0. The number of rotatable bonds is 31. The van der Waals surface area contributed by atoms with Gasteiger partial charge < -0.3 is 26.2 Å². The summed E-state index contributed by atoms with van der Waals surface area (Å²) in [5.74, 6) is -0.460. The van der Waals surface area contributed by atoms with Gasteiger partial charge in [0.15, 0.2) is 0 Å². The lowest BCUT2D eigenvalue weighted by molar-refractivity contribution is -0.124. The van der Waals surface area contributed by atoms with Crippen LogP contribution in [0.2, 0.25) is 0 Å². The van der Waals surface area contributed by atoms with Crippen LogP contribution in [0.25, 0.3) is 0 Å². The van der Waals surface area contributed by atoms with Crippen molar-refractivity contribution >= 4 is 13.7 Å². The van der Waals surface area contributed by atoms with Crippen LogP contribution in [0.3, 0.4) is 0 Å². The van der Waals surface area contributed by atoms with E-state index in [2.05, 4.69) is 31.3 Å². The maximum atomic E-state index is 12.6. The first-order valence-corrected chi connectivity index (χ1v) is 18.5. The molecule has 4 unspecified atom stereocenters. The Morgan fingerprint density at radius 3 is 1.93 bits per heavy atom. The number of unbranched alkanes of at least 4 members (excludes halogenated alkanes) is 15. The van der Waals surface area contributed by atoms with Gasteiger partial charge in [0.1, 0.15) is 0 Å². The minimum atomic E-state index is -4.39. The lowest BCUT2D eigenvalue weighted by atomic mass is 10.0. The molecule has 10 heteroatoms. The molecule has 43 heavy (non-hydrogen) atoms. The van der Waals surface area contributed by atoms with Gasteiger partial charge in [0.25, 0.3) is 0 Å². The first-order chi connectivity index (χ1) is 20.8. The third kappa shape index (κ3) is 28.2. The SMILES string of the molecule is CCCC/C=C\CCCCCC(O)CC(=O)NC(COP(=O)(O)OCCN)C(O)/C=C/CCCCCCCCCCCC. The van der Waals surface area contributed by atoms with Gasteiger partial charge in [-0.1, -0.05) is 122 Å². The Morgan fingerprint density at radius 2 is 1.33 bits per heavy atom. The summed E-state index contributed by atoms with van der Waals surface area (Å²) >= 11 is 0. The normalized spacial score (nSPS) is 15.6. The second kappa shape index (κ2) is 29.6. The molecule has 0 aliphatic rings. The molecule has 0 rings (SSSR count). The lowest BCUT2D eigenvalue weighted by Gasteiger charge is -2.24. The number of nitrogens with one attached hydrogen (secondary N) is 1. The van der Waals surface area contributed by atoms with Gasteiger partial charge in [-0.3, -0.25) is 13.8 Å². The Kier molecular flexibility index (Phi) is 28.9. The Balaban J connectivity index is 4.56. The summed E-state index contributed by atoms with van der Waals surface area (Å²) in [6.45, 7) is 3.87. The van der Waals surface area contributed by atoms with Crippen molar-refractivity contribution < 1.29 is 33.5 Å². The van der Waals surface area contributed by atoms with E-state index in [-0.39, 0.29) is 19.6 Å². The Labute approximate surface area is 262 Å². The number of carbonyl (C=O) groups is 1. The van der Waals surface area contributed by atoms with E-state index in [1.54, 1.807) is 6.08 Å². The van der Waals surface area contributed by atoms with Crippen molar-refractivity contribution in [3.8, 4) is 0 Å². The summed E-state index contributed by atoms with van der Waals surface area (Å²) < 4.78 is 21.9. The van der Waals surface area contributed by atoms with Crippen molar-refractivity contribution in [3.63, 3.8) is 0 Å². The average molecular weight is 633 g/mol. The summed E-state index contributed by atoms with van der Waals surface area (Å²) in [6, 6.07) is -0.981. The second-order valence-electron chi connectivity index (χ2n) is 11.6. The van der Waals surface area contributed by atoms with Gasteiger partial charge >= 0.3 is 7.82 Å². The van der Waals surface area contributed by atoms with E-state index < -0.39 is 38.6 Å². The molecule has 0 saturated heterocycles. The highest BCUT2D eigenvalue weighted by molar-refractivity contribution is 7.47. The minimum Gasteiger partial charge on any atom is -0.393 e. The van der Waals surface area contributed by atoms with Crippen LogP contribution in [-0.2, 0) is 18.4 Å². The molecule has 0 spiro atoms. The highest BCUT2D eigenvalue weighted by Gasteiger charge is 2.27. The maximum absolute atomic E-state index is 12.6. The number of nitrogens with two attached hydrogens (primary N) is 1. The fourth-order valence-corrected chi connectivity index (χ4v) is 5.44. The summed E-state index contributed by atoms with van der Waals surface area (Å²) in [6.07, 6.45) is 27.0. The quantitative estimate of drug-likeness (QED) is 0.0305. The zero-order valence-corrected chi connectivity index (χ0v) is 28.2. The molecule has 254 valence electrons. The van der Waals surface area contributed by atoms with Gasteiger partial charge in [-0.15, -0.1) is 0 Å². The molecule has 0 fully saturated rings. The van der Waals surface area contributed by atoms with E-state index in [4.69, 9.17) is 14.8 Å².